The summed E-state index contributed by atoms with van der Waals surface area (Å²) in [5.74, 6) is -0.624. The van der Waals surface area contributed by atoms with Crippen molar-refractivity contribution in [2.45, 2.75) is 65.0 Å². The number of hydrogen-bond donors (Lipinski definition) is 1. The Morgan fingerprint density at radius 1 is 1.47 bits per heavy atom. The Morgan fingerprint density at radius 3 is 2.29 bits per heavy atom. The Balaban J connectivity index is 2.80. The molecule has 100 valence electrons. The van der Waals surface area contributed by atoms with Crippen LogP contribution in [0.25, 0.3) is 0 Å². The summed E-state index contributed by atoms with van der Waals surface area (Å²) in [6.45, 7) is 11.6. The van der Waals surface area contributed by atoms with Crippen LogP contribution in [0.2, 0.25) is 0 Å². The van der Waals surface area contributed by atoms with Gasteiger partial charge in [-0.15, -0.1) is 0 Å². The molecule has 0 bridgehead atoms. The van der Waals surface area contributed by atoms with Crippen LogP contribution in [0.4, 0.5) is 4.79 Å². The second-order valence-electron chi connectivity index (χ2n) is 5.93. The fraction of sp³-hybridized carbons (Fsp3) is 0.917. The van der Waals surface area contributed by atoms with Crippen molar-refractivity contribution in [1.82, 2.24) is 4.90 Å². The van der Waals surface area contributed by atoms with Crippen LogP contribution < -0.4 is 0 Å². The lowest BCUT2D eigenvalue weighted by molar-refractivity contribution is -0.146. The summed E-state index contributed by atoms with van der Waals surface area (Å²) < 4.78 is 11.2. The highest BCUT2D eigenvalue weighted by molar-refractivity contribution is 5.66. The maximum Gasteiger partial charge on any atom is 0.408 e. The Bertz CT molecular complexity index is 295. The molecule has 1 rings (SSSR count). The van der Waals surface area contributed by atoms with Crippen molar-refractivity contribution in [3.8, 4) is 0 Å². The molecule has 0 aromatic heterocycles. The third-order valence-electron chi connectivity index (χ3n) is 2.90. The molecule has 1 aliphatic rings. The van der Waals surface area contributed by atoms with Gasteiger partial charge in [-0.25, -0.2) is 4.79 Å². The molecule has 0 unspecified atom stereocenters. The second kappa shape index (κ2) is 4.46. The van der Waals surface area contributed by atoms with E-state index in [2.05, 4.69) is 0 Å². The summed E-state index contributed by atoms with van der Waals surface area (Å²) in [6.07, 6.45) is -1.15. The number of nitrogens with zero attached hydrogens (tertiary/aromatic N) is 1. The molecule has 0 radical (unpaired) electrons. The Kier molecular flexibility index (Phi) is 3.74. The minimum absolute atomic E-state index is 0.222. The van der Waals surface area contributed by atoms with Gasteiger partial charge in [0.15, 0.2) is 5.79 Å². The lowest BCUT2D eigenvalue weighted by Gasteiger charge is -2.40. The van der Waals surface area contributed by atoms with Gasteiger partial charge in [-0.1, -0.05) is 0 Å². The number of rotatable bonds is 2. The summed E-state index contributed by atoms with van der Waals surface area (Å²) in [5.41, 5.74) is -0.457. The first kappa shape index (κ1) is 14.3. The fourth-order valence-electron chi connectivity index (χ4n) is 2.19. The van der Waals surface area contributed by atoms with Crippen molar-refractivity contribution in [3.63, 3.8) is 0 Å². The summed E-state index contributed by atoms with van der Waals surface area (Å²) in [7, 11) is 0. The van der Waals surface area contributed by atoms with Crippen molar-refractivity contribution in [3.05, 3.63) is 0 Å². The van der Waals surface area contributed by atoms with Crippen LogP contribution >= 0.6 is 0 Å². The van der Waals surface area contributed by atoms with Gasteiger partial charge in [0, 0.05) is 5.54 Å². The molecule has 5 nitrogen and oxygen atoms in total. The van der Waals surface area contributed by atoms with Gasteiger partial charge in [-0.3, -0.25) is 4.90 Å². The van der Waals surface area contributed by atoms with E-state index in [0.29, 0.717) is 6.61 Å². The average molecular weight is 245 g/mol. The van der Waals surface area contributed by atoms with Gasteiger partial charge < -0.3 is 14.6 Å². The minimum atomic E-state index is -0.932. The predicted molar refractivity (Wildman–Crippen MR) is 64.0 cm³/mol. The highest BCUT2D eigenvalue weighted by Gasteiger charge is 2.42. The van der Waals surface area contributed by atoms with E-state index in [4.69, 9.17) is 9.47 Å². The van der Waals surface area contributed by atoms with Gasteiger partial charge in [0.1, 0.15) is 6.10 Å². The van der Waals surface area contributed by atoms with Crippen LogP contribution in [-0.4, -0.2) is 46.2 Å². The lowest BCUT2D eigenvalue weighted by atomic mass is 10.0. The summed E-state index contributed by atoms with van der Waals surface area (Å²) in [5, 5.41) is 9.30. The van der Waals surface area contributed by atoms with Crippen LogP contribution in [0.3, 0.4) is 0 Å². The molecule has 1 heterocycles. The van der Waals surface area contributed by atoms with E-state index in [1.54, 1.807) is 0 Å². The van der Waals surface area contributed by atoms with Gasteiger partial charge in [0.25, 0.3) is 0 Å². The molecule has 0 aromatic rings. The van der Waals surface area contributed by atoms with Crippen molar-refractivity contribution in [2.75, 3.05) is 6.61 Å². The normalized spacial score (nSPS) is 25.6. The van der Waals surface area contributed by atoms with E-state index in [0.717, 1.165) is 0 Å². The predicted octanol–water partition coefficient (Wildman–Crippen LogP) is 2.30. The van der Waals surface area contributed by atoms with E-state index in [9.17, 15) is 9.90 Å². The molecule has 0 aromatic carbocycles. The molecular weight excluding hydrogens is 222 g/mol. The van der Waals surface area contributed by atoms with Crippen LogP contribution in [-0.2, 0) is 9.47 Å². The van der Waals surface area contributed by atoms with Crippen LogP contribution in [0, 0.1) is 0 Å². The maximum absolute atomic E-state index is 11.3. The molecule has 0 spiro atoms. The van der Waals surface area contributed by atoms with Crippen molar-refractivity contribution < 1.29 is 19.4 Å². The van der Waals surface area contributed by atoms with Crippen molar-refractivity contribution in [2.24, 2.45) is 0 Å². The van der Waals surface area contributed by atoms with E-state index >= 15 is 0 Å². The van der Waals surface area contributed by atoms with Gasteiger partial charge in [0.05, 0.1) is 12.6 Å². The number of carbonyl (C=O) groups is 1. The van der Waals surface area contributed by atoms with E-state index < -0.39 is 17.4 Å². The van der Waals surface area contributed by atoms with Crippen LogP contribution in [0.1, 0.15) is 41.5 Å². The second-order valence-corrected chi connectivity index (χ2v) is 5.93. The fourth-order valence-corrected chi connectivity index (χ4v) is 2.19. The molecule has 2 atom stereocenters. The first-order valence-corrected chi connectivity index (χ1v) is 5.88. The summed E-state index contributed by atoms with van der Waals surface area (Å²) in [4.78, 5) is 12.8. The minimum Gasteiger partial charge on any atom is -0.465 e. The van der Waals surface area contributed by atoms with Crippen LogP contribution in [0.15, 0.2) is 0 Å². The molecule has 5 heteroatoms. The standard InChI is InChI=1S/C12H23NO4/c1-8(9-7-16-12(5,6)17-9)13(10(14)15)11(2,3)4/h8-9H,7H2,1-6H3,(H,14,15)/t8-,9+/m1/s1. The zero-order valence-corrected chi connectivity index (χ0v) is 11.5. The van der Waals surface area contributed by atoms with Gasteiger partial charge in [-0.05, 0) is 41.5 Å². The topological polar surface area (TPSA) is 59.0 Å². The maximum atomic E-state index is 11.3. The molecule has 1 N–H and O–H groups in total. The largest absolute Gasteiger partial charge is 0.465 e. The zero-order valence-electron chi connectivity index (χ0n) is 11.5. The highest BCUT2D eigenvalue weighted by Crippen LogP contribution is 2.28. The smallest absolute Gasteiger partial charge is 0.408 e. The Morgan fingerprint density at radius 2 is 2.00 bits per heavy atom. The Labute approximate surface area is 103 Å². The van der Waals surface area contributed by atoms with Crippen molar-refractivity contribution in [1.29, 1.82) is 0 Å². The summed E-state index contributed by atoms with van der Waals surface area (Å²) in [6, 6.07) is -0.241. The number of ether oxygens (including phenoxy) is 2. The molecule has 0 saturated carbocycles. The average Bonchev–Trinajstić information content (AvgIpc) is 2.42. The van der Waals surface area contributed by atoms with E-state index in [1.165, 1.54) is 4.90 Å². The first-order valence-electron chi connectivity index (χ1n) is 5.88. The molecule has 1 amide bonds. The van der Waals surface area contributed by atoms with E-state index in [1.807, 2.05) is 41.5 Å². The number of hydrogen-bond acceptors (Lipinski definition) is 3. The number of amides is 1. The molecule has 1 aliphatic heterocycles. The molecule has 1 saturated heterocycles. The monoisotopic (exact) mass is 245 g/mol. The first-order chi connectivity index (χ1) is 7.54. The third-order valence-corrected chi connectivity index (χ3v) is 2.90. The lowest BCUT2D eigenvalue weighted by Crippen LogP contribution is -2.54. The Hall–Kier alpha value is -0.810. The number of carboxylic acid groups (broad SMARTS) is 1. The van der Waals surface area contributed by atoms with Crippen molar-refractivity contribution >= 4 is 6.09 Å². The zero-order chi connectivity index (χ0) is 13.4. The van der Waals surface area contributed by atoms with Crippen LogP contribution in [0.5, 0.6) is 0 Å². The highest BCUT2D eigenvalue weighted by atomic mass is 16.7. The quantitative estimate of drug-likeness (QED) is 0.811. The summed E-state index contributed by atoms with van der Waals surface area (Å²) >= 11 is 0. The third kappa shape index (κ3) is 3.33. The van der Waals surface area contributed by atoms with Gasteiger partial charge >= 0.3 is 6.09 Å². The molecule has 17 heavy (non-hydrogen) atoms. The van der Waals surface area contributed by atoms with Gasteiger partial charge in [-0.2, -0.15) is 0 Å². The van der Waals surface area contributed by atoms with Gasteiger partial charge in [0.2, 0.25) is 0 Å². The molecular formula is C12H23NO4. The SMILES string of the molecule is C[C@H]([C@@H]1COC(C)(C)O1)N(C(=O)O)C(C)(C)C. The van der Waals surface area contributed by atoms with E-state index in [-0.39, 0.29) is 12.1 Å². The molecule has 1 fully saturated rings. The molecule has 0 aliphatic carbocycles.